The first-order chi connectivity index (χ1) is 9.28. The van der Waals surface area contributed by atoms with E-state index in [0.29, 0.717) is 11.4 Å². The van der Waals surface area contributed by atoms with Crippen LogP contribution in [0.25, 0.3) is 0 Å². The molecule has 0 atom stereocenters. The topological polar surface area (TPSA) is 75.7 Å². The van der Waals surface area contributed by atoms with Gasteiger partial charge in [-0.15, -0.1) is 0 Å². The number of aryl methyl sites for hydroxylation is 1. The zero-order valence-corrected chi connectivity index (χ0v) is 11.8. The van der Waals surface area contributed by atoms with Gasteiger partial charge in [-0.25, -0.2) is 9.69 Å². The fraction of sp³-hybridized carbons (Fsp3) is 0.357. The van der Waals surface area contributed by atoms with Gasteiger partial charge in [0.15, 0.2) is 0 Å². The zero-order chi connectivity index (χ0) is 15.1. The van der Waals surface area contributed by atoms with Crippen molar-refractivity contribution in [3.63, 3.8) is 0 Å². The van der Waals surface area contributed by atoms with Crippen LogP contribution in [0.2, 0.25) is 0 Å². The number of nitrogens with zero attached hydrogens (tertiary/aromatic N) is 1. The van der Waals surface area contributed by atoms with E-state index in [1.165, 1.54) is 21.0 Å². The molecule has 4 amide bonds. The fourth-order valence-electron chi connectivity index (χ4n) is 1.97. The molecule has 1 aromatic rings. The SMILES string of the molecule is COc1ccc(C)cc1N1C(=O)NC(=O)C(C)(C)C1=O. The highest BCUT2D eigenvalue weighted by Crippen LogP contribution is 2.34. The molecule has 20 heavy (non-hydrogen) atoms. The zero-order valence-electron chi connectivity index (χ0n) is 11.8. The molecule has 1 aliphatic heterocycles. The van der Waals surface area contributed by atoms with Crippen molar-refractivity contribution >= 4 is 23.5 Å². The Bertz CT molecular complexity index is 607. The van der Waals surface area contributed by atoms with E-state index in [1.807, 2.05) is 13.0 Å². The smallest absolute Gasteiger partial charge is 0.335 e. The number of barbiturate groups is 1. The highest BCUT2D eigenvalue weighted by molar-refractivity contribution is 6.29. The Hall–Kier alpha value is -2.37. The summed E-state index contributed by atoms with van der Waals surface area (Å²) in [5, 5.41) is 2.19. The molecule has 1 saturated heterocycles. The number of imide groups is 2. The second-order valence-electron chi connectivity index (χ2n) is 5.20. The lowest BCUT2D eigenvalue weighted by Crippen LogP contribution is -2.62. The molecule has 0 spiro atoms. The summed E-state index contributed by atoms with van der Waals surface area (Å²) in [5.74, 6) is -0.783. The average molecular weight is 276 g/mol. The van der Waals surface area contributed by atoms with Crippen LogP contribution in [0.5, 0.6) is 5.75 Å². The van der Waals surface area contributed by atoms with E-state index in [4.69, 9.17) is 4.74 Å². The Morgan fingerprint density at radius 1 is 1.20 bits per heavy atom. The van der Waals surface area contributed by atoms with Crippen molar-refractivity contribution < 1.29 is 19.1 Å². The van der Waals surface area contributed by atoms with Crippen LogP contribution in [0, 0.1) is 12.3 Å². The Balaban J connectivity index is 2.56. The monoisotopic (exact) mass is 276 g/mol. The third-order valence-electron chi connectivity index (χ3n) is 3.30. The first-order valence-electron chi connectivity index (χ1n) is 6.13. The maximum absolute atomic E-state index is 12.4. The van der Waals surface area contributed by atoms with Gasteiger partial charge in [0.25, 0.3) is 0 Å². The molecule has 1 heterocycles. The standard InChI is InChI=1S/C14H16N2O4/c1-8-5-6-10(20-4)9(7-8)16-12(18)14(2,3)11(17)15-13(16)19/h5-7H,1-4H3,(H,15,17,19). The minimum Gasteiger partial charge on any atom is -0.495 e. The summed E-state index contributed by atoms with van der Waals surface area (Å²) < 4.78 is 5.19. The lowest BCUT2D eigenvalue weighted by molar-refractivity contribution is -0.140. The summed E-state index contributed by atoms with van der Waals surface area (Å²) >= 11 is 0. The van der Waals surface area contributed by atoms with Gasteiger partial charge in [0.2, 0.25) is 11.8 Å². The molecule has 1 aromatic carbocycles. The van der Waals surface area contributed by atoms with Crippen LogP contribution in [0.3, 0.4) is 0 Å². The third kappa shape index (κ3) is 2.03. The number of rotatable bonds is 2. The Labute approximate surface area is 116 Å². The number of hydrogen-bond acceptors (Lipinski definition) is 4. The van der Waals surface area contributed by atoms with Crippen molar-refractivity contribution in [1.29, 1.82) is 0 Å². The minimum absolute atomic E-state index is 0.329. The van der Waals surface area contributed by atoms with Crippen LogP contribution < -0.4 is 15.0 Å². The van der Waals surface area contributed by atoms with Gasteiger partial charge >= 0.3 is 6.03 Å². The van der Waals surface area contributed by atoms with Crippen LogP contribution in [0.1, 0.15) is 19.4 Å². The highest BCUT2D eigenvalue weighted by atomic mass is 16.5. The molecule has 6 heteroatoms. The number of ether oxygens (including phenoxy) is 1. The van der Waals surface area contributed by atoms with Gasteiger partial charge in [-0.1, -0.05) is 6.07 Å². The third-order valence-corrected chi connectivity index (χ3v) is 3.30. The molecule has 0 radical (unpaired) electrons. The van der Waals surface area contributed by atoms with Crippen molar-refractivity contribution in [3.8, 4) is 5.75 Å². The molecule has 0 aliphatic carbocycles. The van der Waals surface area contributed by atoms with Crippen LogP contribution in [0.15, 0.2) is 18.2 Å². The number of methoxy groups -OCH3 is 1. The number of benzene rings is 1. The second-order valence-corrected chi connectivity index (χ2v) is 5.20. The molecule has 0 unspecified atom stereocenters. The van der Waals surface area contributed by atoms with E-state index in [2.05, 4.69) is 5.32 Å². The van der Waals surface area contributed by atoms with Gasteiger partial charge in [0.05, 0.1) is 12.8 Å². The highest BCUT2D eigenvalue weighted by Gasteiger charge is 2.48. The first-order valence-corrected chi connectivity index (χ1v) is 6.13. The van der Waals surface area contributed by atoms with Crippen molar-refractivity contribution in [2.45, 2.75) is 20.8 Å². The van der Waals surface area contributed by atoms with Gasteiger partial charge in [0.1, 0.15) is 11.2 Å². The Morgan fingerprint density at radius 3 is 2.45 bits per heavy atom. The van der Waals surface area contributed by atoms with E-state index < -0.39 is 23.3 Å². The molecule has 0 bridgehead atoms. The number of nitrogens with one attached hydrogen (secondary N) is 1. The number of carbonyl (C=O) groups is 3. The van der Waals surface area contributed by atoms with Crippen LogP contribution in [-0.2, 0) is 9.59 Å². The summed E-state index contributed by atoms with van der Waals surface area (Å²) in [6.07, 6.45) is 0. The lowest BCUT2D eigenvalue weighted by atomic mass is 9.88. The molecule has 0 aromatic heterocycles. The lowest BCUT2D eigenvalue weighted by Gasteiger charge is -2.35. The first kappa shape index (κ1) is 14.0. The van der Waals surface area contributed by atoms with E-state index in [1.54, 1.807) is 12.1 Å². The molecule has 1 N–H and O–H groups in total. The molecule has 0 saturated carbocycles. The molecule has 6 nitrogen and oxygen atoms in total. The summed E-state index contributed by atoms with van der Waals surface area (Å²) in [6, 6.07) is 4.39. The van der Waals surface area contributed by atoms with Gasteiger partial charge in [0, 0.05) is 0 Å². The quantitative estimate of drug-likeness (QED) is 0.833. The summed E-state index contributed by atoms with van der Waals surface area (Å²) in [4.78, 5) is 37.1. The van der Waals surface area contributed by atoms with Gasteiger partial charge in [-0.3, -0.25) is 14.9 Å². The molecule has 1 fully saturated rings. The van der Waals surface area contributed by atoms with E-state index >= 15 is 0 Å². The van der Waals surface area contributed by atoms with Gasteiger partial charge in [-0.2, -0.15) is 0 Å². The van der Waals surface area contributed by atoms with E-state index in [9.17, 15) is 14.4 Å². The number of urea groups is 1. The number of hydrogen-bond donors (Lipinski definition) is 1. The maximum Gasteiger partial charge on any atom is 0.335 e. The van der Waals surface area contributed by atoms with Crippen molar-refractivity contribution in [3.05, 3.63) is 23.8 Å². The predicted octanol–water partition coefficient (Wildman–Crippen LogP) is 1.61. The Kier molecular flexibility index (Phi) is 3.25. The van der Waals surface area contributed by atoms with Crippen molar-refractivity contribution in [1.82, 2.24) is 5.32 Å². The molecular formula is C14H16N2O4. The van der Waals surface area contributed by atoms with Gasteiger partial charge < -0.3 is 4.74 Å². The largest absolute Gasteiger partial charge is 0.495 e. The summed E-state index contributed by atoms with van der Waals surface area (Å²) in [5.41, 5.74) is -0.102. The summed E-state index contributed by atoms with van der Waals surface area (Å²) in [6.45, 7) is 4.80. The molecular weight excluding hydrogens is 260 g/mol. The fourth-order valence-corrected chi connectivity index (χ4v) is 1.97. The molecule has 2 rings (SSSR count). The van der Waals surface area contributed by atoms with Crippen molar-refractivity contribution in [2.24, 2.45) is 5.41 Å². The van der Waals surface area contributed by atoms with Crippen LogP contribution in [0.4, 0.5) is 10.5 Å². The molecule has 1 aliphatic rings. The minimum atomic E-state index is -1.30. The average Bonchev–Trinajstić information content (AvgIpc) is 2.37. The number of anilines is 1. The van der Waals surface area contributed by atoms with Crippen LogP contribution >= 0.6 is 0 Å². The number of carbonyl (C=O) groups excluding carboxylic acids is 3. The second kappa shape index (κ2) is 4.63. The summed E-state index contributed by atoms with van der Waals surface area (Å²) in [7, 11) is 1.46. The van der Waals surface area contributed by atoms with E-state index in [0.717, 1.165) is 10.5 Å². The maximum atomic E-state index is 12.4. The van der Waals surface area contributed by atoms with Crippen molar-refractivity contribution in [2.75, 3.05) is 12.0 Å². The van der Waals surface area contributed by atoms with Gasteiger partial charge in [-0.05, 0) is 38.5 Å². The van der Waals surface area contributed by atoms with E-state index in [-0.39, 0.29) is 0 Å². The molecule has 106 valence electrons. The normalized spacial score (nSPS) is 18.0. The number of amides is 4. The van der Waals surface area contributed by atoms with Crippen LogP contribution in [-0.4, -0.2) is 25.0 Å². The Morgan fingerprint density at radius 2 is 1.85 bits per heavy atom. The predicted molar refractivity (Wildman–Crippen MR) is 72.5 cm³/mol.